The number of carbonyl (C=O) groups is 1. The van der Waals surface area contributed by atoms with E-state index in [9.17, 15) is 9.18 Å². The largest absolute Gasteiger partial charge is 0.497 e. The minimum absolute atomic E-state index is 0.0115. The van der Waals surface area contributed by atoms with Gasteiger partial charge in [-0.15, -0.1) is 0 Å². The van der Waals surface area contributed by atoms with Gasteiger partial charge in [0.1, 0.15) is 11.6 Å². The number of aromatic nitrogens is 1. The van der Waals surface area contributed by atoms with Crippen molar-refractivity contribution >= 4 is 16.8 Å². The highest BCUT2D eigenvalue weighted by Crippen LogP contribution is 2.58. The number of amides is 1. The van der Waals surface area contributed by atoms with Gasteiger partial charge in [0.2, 0.25) is 5.91 Å². The summed E-state index contributed by atoms with van der Waals surface area (Å²) in [4.78, 5) is 17.9. The van der Waals surface area contributed by atoms with Crippen molar-refractivity contribution < 1.29 is 13.9 Å². The maximum Gasteiger partial charge on any atom is 0.220 e. The van der Waals surface area contributed by atoms with Gasteiger partial charge >= 0.3 is 0 Å². The zero-order valence-corrected chi connectivity index (χ0v) is 15.4. The number of nitrogens with zero attached hydrogens (tertiary/aromatic N) is 1. The molecule has 5 heteroatoms. The van der Waals surface area contributed by atoms with Crippen LogP contribution in [0.3, 0.4) is 0 Å². The van der Waals surface area contributed by atoms with E-state index in [0.717, 1.165) is 35.4 Å². The summed E-state index contributed by atoms with van der Waals surface area (Å²) in [6, 6.07) is 12.3. The minimum atomic E-state index is -0.308. The maximum atomic E-state index is 14.0. The lowest BCUT2D eigenvalue weighted by Crippen LogP contribution is -2.44. The predicted molar refractivity (Wildman–Crippen MR) is 101 cm³/mol. The van der Waals surface area contributed by atoms with E-state index in [2.05, 4.69) is 11.1 Å². The molecular formula is C22H21FN2O2. The first kappa shape index (κ1) is 16.4. The Morgan fingerprint density at radius 3 is 2.74 bits per heavy atom. The highest BCUT2D eigenvalue weighted by molar-refractivity contribution is 5.89. The van der Waals surface area contributed by atoms with Crippen LogP contribution in [0.5, 0.6) is 5.75 Å². The number of methoxy groups -OCH3 is 1. The number of halogens is 1. The number of carbonyl (C=O) groups excluding carboxylic acids is 1. The third-order valence-electron chi connectivity index (χ3n) is 6.05. The number of ether oxygens (including phenoxy) is 1. The van der Waals surface area contributed by atoms with Gasteiger partial charge in [0.15, 0.2) is 0 Å². The molecule has 1 spiro atoms. The van der Waals surface area contributed by atoms with Crippen LogP contribution >= 0.6 is 0 Å². The van der Waals surface area contributed by atoms with Gasteiger partial charge in [-0.2, -0.15) is 0 Å². The monoisotopic (exact) mass is 364 g/mol. The van der Waals surface area contributed by atoms with Crippen LogP contribution in [0.1, 0.15) is 42.6 Å². The number of hydrogen-bond donors (Lipinski definition) is 1. The summed E-state index contributed by atoms with van der Waals surface area (Å²) in [5.41, 5.74) is 4.09. The smallest absolute Gasteiger partial charge is 0.220 e. The van der Waals surface area contributed by atoms with Gasteiger partial charge < -0.3 is 14.6 Å². The van der Waals surface area contributed by atoms with E-state index in [-0.39, 0.29) is 23.2 Å². The van der Waals surface area contributed by atoms with Gasteiger partial charge in [-0.1, -0.05) is 12.1 Å². The molecule has 138 valence electrons. The second kappa shape index (κ2) is 5.59. The van der Waals surface area contributed by atoms with Crippen molar-refractivity contribution in [1.82, 2.24) is 9.88 Å². The van der Waals surface area contributed by atoms with Crippen LogP contribution in [-0.4, -0.2) is 29.4 Å². The Kier molecular flexibility index (Phi) is 3.39. The van der Waals surface area contributed by atoms with Gasteiger partial charge in [-0.05, 0) is 48.2 Å². The van der Waals surface area contributed by atoms with Gasteiger partial charge in [-0.3, -0.25) is 4.79 Å². The van der Waals surface area contributed by atoms with Crippen molar-refractivity contribution in [3.05, 3.63) is 65.1 Å². The number of aromatic amines is 1. The lowest BCUT2D eigenvalue weighted by atomic mass is 9.83. The number of hydrogen-bond acceptors (Lipinski definition) is 2. The molecule has 3 aromatic rings. The maximum absolute atomic E-state index is 14.0. The van der Waals surface area contributed by atoms with Crippen molar-refractivity contribution in [1.29, 1.82) is 0 Å². The molecule has 1 unspecified atom stereocenters. The Balaban J connectivity index is 1.78. The summed E-state index contributed by atoms with van der Waals surface area (Å²) in [6.45, 7) is 2.27. The molecule has 1 N–H and O–H groups in total. The summed E-state index contributed by atoms with van der Waals surface area (Å²) >= 11 is 0. The first-order valence-electron chi connectivity index (χ1n) is 9.25. The quantitative estimate of drug-likeness (QED) is 0.737. The predicted octanol–water partition coefficient (Wildman–Crippen LogP) is 4.30. The summed E-state index contributed by atoms with van der Waals surface area (Å²) in [5, 5.41) is 1.17. The van der Waals surface area contributed by atoms with Crippen molar-refractivity contribution in [3.8, 4) is 5.75 Å². The first-order valence-corrected chi connectivity index (χ1v) is 9.25. The van der Waals surface area contributed by atoms with E-state index in [1.165, 1.54) is 23.1 Å². The Hall–Kier alpha value is -2.82. The summed E-state index contributed by atoms with van der Waals surface area (Å²) < 4.78 is 19.3. The first-order chi connectivity index (χ1) is 13.0. The Bertz CT molecular complexity index is 1070. The molecule has 0 bridgehead atoms. The van der Waals surface area contributed by atoms with E-state index in [4.69, 9.17) is 4.74 Å². The van der Waals surface area contributed by atoms with Gasteiger partial charge in [0.25, 0.3) is 0 Å². The lowest BCUT2D eigenvalue weighted by molar-refractivity contribution is -0.131. The zero-order chi connectivity index (χ0) is 18.8. The van der Waals surface area contributed by atoms with Crippen LogP contribution < -0.4 is 4.74 Å². The normalized spacial score (nSPS) is 20.0. The molecule has 27 heavy (non-hydrogen) atoms. The fraction of sp³-hybridized carbons (Fsp3) is 0.318. The zero-order valence-electron chi connectivity index (χ0n) is 15.4. The topological polar surface area (TPSA) is 45.3 Å². The van der Waals surface area contributed by atoms with Gasteiger partial charge in [0, 0.05) is 41.5 Å². The fourth-order valence-electron chi connectivity index (χ4n) is 4.63. The van der Waals surface area contributed by atoms with Gasteiger partial charge in [-0.25, -0.2) is 4.39 Å². The van der Waals surface area contributed by atoms with Crippen LogP contribution in [-0.2, 0) is 10.2 Å². The summed E-state index contributed by atoms with van der Waals surface area (Å²) in [7, 11) is 1.65. The molecule has 1 aliphatic carbocycles. The molecular weight excluding hydrogens is 343 g/mol. The average Bonchev–Trinajstić information content (AvgIpc) is 3.30. The van der Waals surface area contributed by atoms with Crippen LogP contribution in [0.25, 0.3) is 10.9 Å². The average molecular weight is 364 g/mol. The summed E-state index contributed by atoms with van der Waals surface area (Å²) in [6.07, 6.45) is 2.14. The van der Waals surface area contributed by atoms with Crippen LogP contribution in [0.15, 0.2) is 42.5 Å². The van der Waals surface area contributed by atoms with Crippen molar-refractivity contribution in [3.63, 3.8) is 0 Å². The highest BCUT2D eigenvalue weighted by Gasteiger charge is 2.54. The van der Waals surface area contributed by atoms with Crippen LogP contribution in [0.4, 0.5) is 4.39 Å². The van der Waals surface area contributed by atoms with E-state index < -0.39 is 0 Å². The molecule has 5 rings (SSSR count). The standard InChI is InChI=1S/C22H21FN2O2/c1-13(26)25-12-22(8-9-22)19-17-7-6-16(27-2)11-18(17)24-20(19)21(25)14-4-3-5-15(23)10-14/h3-7,10-11,21,24H,8-9,12H2,1-2H3. The molecule has 4 nitrogen and oxygen atoms in total. The van der Waals surface area contributed by atoms with Crippen LogP contribution in [0.2, 0.25) is 0 Å². The van der Waals surface area contributed by atoms with E-state index in [1.54, 1.807) is 20.1 Å². The van der Waals surface area contributed by atoms with Crippen LogP contribution in [0, 0.1) is 5.82 Å². The second-order valence-electron chi connectivity index (χ2n) is 7.71. The molecule has 1 saturated carbocycles. The van der Waals surface area contributed by atoms with Crippen molar-refractivity contribution in [2.75, 3.05) is 13.7 Å². The number of fused-ring (bicyclic) bond motifs is 4. The van der Waals surface area contributed by atoms with E-state index in [1.807, 2.05) is 23.1 Å². The molecule has 1 atom stereocenters. The van der Waals surface area contributed by atoms with Gasteiger partial charge in [0.05, 0.1) is 13.2 Å². The summed E-state index contributed by atoms with van der Waals surface area (Å²) in [5.74, 6) is 0.510. The molecule has 0 saturated heterocycles. The molecule has 0 radical (unpaired) electrons. The molecule has 1 amide bonds. The number of nitrogens with one attached hydrogen (secondary N) is 1. The molecule has 2 aromatic carbocycles. The third kappa shape index (κ3) is 2.37. The molecule has 1 aromatic heterocycles. The Morgan fingerprint density at radius 2 is 2.07 bits per heavy atom. The second-order valence-corrected chi connectivity index (χ2v) is 7.71. The highest BCUT2D eigenvalue weighted by atomic mass is 19.1. The molecule has 2 heterocycles. The number of H-pyrrole nitrogens is 1. The Labute approximate surface area is 156 Å². The lowest BCUT2D eigenvalue weighted by Gasteiger charge is -2.40. The molecule has 1 fully saturated rings. The number of benzene rings is 2. The van der Waals surface area contributed by atoms with Crippen molar-refractivity contribution in [2.24, 2.45) is 0 Å². The number of rotatable bonds is 2. The minimum Gasteiger partial charge on any atom is -0.497 e. The fourth-order valence-corrected chi connectivity index (χ4v) is 4.63. The van der Waals surface area contributed by atoms with E-state index in [0.29, 0.717) is 6.54 Å². The SMILES string of the molecule is COc1ccc2c3c([nH]c2c1)C(c1cccc(F)c1)N(C(C)=O)CC31CC1. The van der Waals surface area contributed by atoms with E-state index >= 15 is 0 Å². The molecule has 1 aliphatic heterocycles. The van der Waals surface area contributed by atoms with Crippen molar-refractivity contribution in [2.45, 2.75) is 31.2 Å². The Morgan fingerprint density at radius 1 is 1.26 bits per heavy atom. The third-order valence-corrected chi connectivity index (χ3v) is 6.05. The molecule has 2 aliphatic rings.